The van der Waals surface area contributed by atoms with E-state index in [1.54, 1.807) is 0 Å². The Labute approximate surface area is 142 Å². The number of likely N-dealkylation sites (tertiary alicyclic amines) is 1. The van der Waals surface area contributed by atoms with E-state index in [0.29, 0.717) is 18.3 Å². The molecule has 1 saturated heterocycles. The molecule has 0 aliphatic carbocycles. The zero-order valence-corrected chi connectivity index (χ0v) is 14.9. The van der Waals surface area contributed by atoms with E-state index in [4.69, 9.17) is 4.42 Å². The van der Waals surface area contributed by atoms with Crippen molar-refractivity contribution >= 4 is 5.91 Å². The molecular weight excluding hydrogens is 304 g/mol. The lowest BCUT2D eigenvalue weighted by molar-refractivity contribution is 0.0942. The molecule has 0 spiro atoms. The lowest BCUT2D eigenvalue weighted by atomic mass is 10.0. The van der Waals surface area contributed by atoms with E-state index in [0.717, 1.165) is 49.0 Å². The van der Waals surface area contributed by atoms with Crippen LogP contribution in [0.4, 0.5) is 0 Å². The van der Waals surface area contributed by atoms with Gasteiger partial charge in [-0.15, -0.1) is 0 Å². The highest BCUT2D eigenvalue weighted by Gasteiger charge is 2.25. The molecule has 130 valence electrons. The Bertz CT molecular complexity index is 723. The third kappa shape index (κ3) is 3.38. The molecule has 0 atom stereocenters. The summed E-state index contributed by atoms with van der Waals surface area (Å²) in [6, 6.07) is 4.21. The normalized spacial score (nSPS) is 16.5. The Kier molecular flexibility index (Phi) is 4.76. The van der Waals surface area contributed by atoms with Crippen LogP contribution in [0.3, 0.4) is 0 Å². The minimum absolute atomic E-state index is 0.142. The summed E-state index contributed by atoms with van der Waals surface area (Å²) in [6.45, 7) is 8.42. The van der Waals surface area contributed by atoms with Gasteiger partial charge in [0.1, 0.15) is 23.0 Å². The number of carbonyl (C=O) groups is 1. The van der Waals surface area contributed by atoms with E-state index in [1.165, 1.54) is 0 Å². The summed E-state index contributed by atoms with van der Waals surface area (Å²) < 4.78 is 7.72. The molecule has 2 aromatic heterocycles. The number of aromatic nitrogens is 2. The van der Waals surface area contributed by atoms with Crippen molar-refractivity contribution < 1.29 is 9.21 Å². The molecule has 1 N–H and O–H groups in total. The quantitative estimate of drug-likeness (QED) is 0.936. The lowest BCUT2D eigenvalue weighted by Crippen LogP contribution is -2.32. The van der Waals surface area contributed by atoms with E-state index in [1.807, 2.05) is 32.9 Å². The first-order valence-electron chi connectivity index (χ1n) is 8.53. The number of piperidine rings is 1. The summed E-state index contributed by atoms with van der Waals surface area (Å²) >= 11 is 0. The Morgan fingerprint density at radius 1 is 1.29 bits per heavy atom. The molecule has 1 aliphatic heterocycles. The number of carbonyl (C=O) groups excluding carboxylic acids is 1. The minimum Gasteiger partial charge on any atom is -0.465 e. The number of furan rings is 1. The standard InChI is InChI=1S/C18H26N4O2/c1-12-5-6-16(24-12)11-19-18(23)17-13(2)22(14(3)20-17)15-7-9-21(4)10-8-15/h5-6,15H,7-11H2,1-4H3,(H,19,23). The molecule has 0 unspecified atom stereocenters. The number of imidazole rings is 1. The smallest absolute Gasteiger partial charge is 0.272 e. The van der Waals surface area contributed by atoms with Crippen molar-refractivity contribution in [3.8, 4) is 0 Å². The minimum atomic E-state index is -0.142. The Balaban J connectivity index is 1.71. The van der Waals surface area contributed by atoms with Gasteiger partial charge < -0.3 is 19.2 Å². The summed E-state index contributed by atoms with van der Waals surface area (Å²) in [5.41, 5.74) is 1.48. The second-order valence-electron chi connectivity index (χ2n) is 6.69. The maximum atomic E-state index is 12.5. The Hall–Kier alpha value is -2.08. The zero-order valence-electron chi connectivity index (χ0n) is 14.9. The van der Waals surface area contributed by atoms with Gasteiger partial charge in [-0.05, 0) is 65.9 Å². The van der Waals surface area contributed by atoms with Gasteiger partial charge >= 0.3 is 0 Å². The Morgan fingerprint density at radius 2 is 2.00 bits per heavy atom. The average Bonchev–Trinajstić information content (AvgIpc) is 3.09. The van der Waals surface area contributed by atoms with Crippen LogP contribution in [0.2, 0.25) is 0 Å². The summed E-state index contributed by atoms with van der Waals surface area (Å²) in [5, 5.41) is 2.90. The van der Waals surface area contributed by atoms with Crippen LogP contribution in [0.15, 0.2) is 16.5 Å². The number of hydrogen-bond acceptors (Lipinski definition) is 4. The first-order valence-corrected chi connectivity index (χ1v) is 8.53. The first-order chi connectivity index (χ1) is 11.5. The van der Waals surface area contributed by atoms with E-state index < -0.39 is 0 Å². The predicted molar refractivity (Wildman–Crippen MR) is 92.1 cm³/mol. The molecule has 0 saturated carbocycles. The SMILES string of the molecule is Cc1ccc(CNC(=O)c2nc(C)n(C3CCN(C)CC3)c2C)o1. The van der Waals surface area contributed by atoms with Gasteiger partial charge in [-0.25, -0.2) is 4.98 Å². The van der Waals surface area contributed by atoms with E-state index in [2.05, 4.69) is 26.8 Å². The van der Waals surface area contributed by atoms with Gasteiger partial charge in [-0.1, -0.05) is 0 Å². The fourth-order valence-corrected chi connectivity index (χ4v) is 3.49. The predicted octanol–water partition coefficient (Wildman–Crippen LogP) is 2.60. The number of nitrogens with zero attached hydrogens (tertiary/aromatic N) is 3. The highest BCUT2D eigenvalue weighted by atomic mass is 16.3. The maximum Gasteiger partial charge on any atom is 0.272 e. The van der Waals surface area contributed by atoms with Gasteiger partial charge in [-0.2, -0.15) is 0 Å². The van der Waals surface area contributed by atoms with Crippen molar-refractivity contribution in [1.29, 1.82) is 0 Å². The molecule has 6 nitrogen and oxygen atoms in total. The third-order valence-electron chi connectivity index (χ3n) is 4.81. The van der Waals surface area contributed by atoms with Crippen molar-refractivity contribution in [2.24, 2.45) is 0 Å². The van der Waals surface area contributed by atoms with Crippen LogP contribution in [0, 0.1) is 20.8 Å². The molecule has 6 heteroatoms. The van der Waals surface area contributed by atoms with Gasteiger partial charge in [0.25, 0.3) is 5.91 Å². The lowest BCUT2D eigenvalue weighted by Gasteiger charge is -2.31. The third-order valence-corrected chi connectivity index (χ3v) is 4.81. The molecule has 2 aromatic rings. The van der Waals surface area contributed by atoms with Gasteiger partial charge in [0.05, 0.1) is 6.54 Å². The molecule has 1 aliphatic rings. The number of hydrogen-bond donors (Lipinski definition) is 1. The van der Waals surface area contributed by atoms with Crippen molar-refractivity contribution in [3.05, 3.63) is 40.9 Å². The van der Waals surface area contributed by atoms with Crippen LogP contribution in [-0.4, -0.2) is 40.5 Å². The summed E-state index contributed by atoms with van der Waals surface area (Å²) in [5.74, 6) is 2.38. The summed E-state index contributed by atoms with van der Waals surface area (Å²) in [7, 11) is 2.15. The van der Waals surface area contributed by atoms with E-state index >= 15 is 0 Å². The average molecular weight is 330 g/mol. The van der Waals surface area contributed by atoms with Crippen molar-refractivity contribution in [2.75, 3.05) is 20.1 Å². The molecule has 24 heavy (non-hydrogen) atoms. The first kappa shape index (κ1) is 16.8. The number of nitrogens with one attached hydrogen (secondary N) is 1. The van der Waals surface area contributed by atoms with Gasteiger partial charge in [0.15, 0.2) is 0 Å². The molecular formula is C18H26N4O2. The topological polar surface area (TPSA) is 63.3 Å². The second kappa shape index (κ2) is 6.81. The molecule has 3 heterocycles. The van der Waals surface area contributed by atoms with E-state index in [-0.39, 0.29) is 5.91 Å². The zero-order chi connectivity index (χ0) is 17.3. The van der Waals surface area contributed by atoms with Crippen molar-refractivity contribution in [2.45, 2.75) is 46.2 Å². The maximum absolute atomic E-state index is 12.5. The molecule has 0 aromatic carbocycles. The van der Waals surface area contributed by atoms with Crippen LogP contribution in [-0.2, 0) is 6.54 Å². The second-order valence-corrected chi connectivity index (χ2v) is 6.69. The molecule has 1 amide bonds. The van der Waals surface area contributed by atoms with Crippen LogP contribution in [0.1, 0.15) is 52.4 Å². The van der Waals surface area contributed by atoms with Crippen LogP contribution < -0.4 is 5.32 Å². The molecule has 1 fully saturated rings. The number of aryl methyl sites for hydroxylation is 2. The number of rotatable bonds is 4. The van der Waals surface area contributed by atoms with Crippen LogP contribution in [0.5, 0.6) is 0 Å². The van der Waals surface area contributed by atoms with Crippen LogP contribution in [0.25, 0.3) is 0 Å². The Morgan fingerprint density at radius 3 is 2.62 bits per heavy atom. The van der Waals surface area contributed by atoms with E-state index in [9.17, 15) is 4.79 Å². The highest BCUT2D eigenvalue weighted by molar-refractivity contribution is 5.93. The summed E-state index contributed by atoms with van der Waals surface area (Å²) in [4.78, 5) is 19.4. The van der Waals surface area contributed by atoms with Gasteiger partial charge in [0, 0.05) is 11.7 Å². The molecule has 0 bridgehead atoms. The largest absolute Gasteiger partial charge is 0.465 e. The molecule has 0 radical (unpaired) electrons. The fourth-order valence-electron chi connectivity index (χ4n) is 3.49. The summed E-state index contributed by atoms with van der Waals surface area (Å²) in [6.07, 6.45) is 2.20. The van der Waals surface area contributed by atoms with Gasteiger partial charge in [-0.3, -0.25) is 4.79 Å². The van der Waals surface area contributed by atoms with Gasteiger partial charge in [0.2, 0.25) is 0 Å². The number of amides is 1. The fraction of sp³-hybridized carbons (Fsp3) is 0.556. The highest BCUT2D eigenvalue weighted by Crippen LogP contribution is 2.26. The van der Waals surface area contributed by atoms with Crippen molar-refractivity contribution in [1.82, 2.24) is 19.8 Å². The monoisotopic (exact) mass is 330 g/mol. The molecule has 3 rings (SSSR count). The van der Waals surface area contributed by atoms with Crippen molar-refractivity contribution in [3.63, 3.8) is 0 Å². The van der Waals surface area contributed by atoms with Crippen LogP contribution >= 0.6 is 0 Å².